The summed E-state index contributed by atoms with van der Waals surface area (Å²) in [6.45, 7) is 4.74. The van der Waals surface area contributed by atoms with Gasteiger partial charge < -0.3 is 4.90 Å². The van der Waals surface area contributed by atoms with Gasteiger partial charge in [-0.25, -0.2) is 14.6 Å². The van der Waals surface area contributed by atoms with Crippen LogP contribution in [0.15, 0.2) is 53.8 Å². The molecule has 1 aliphatic rings. The molecule has 8 nitrogen and oxygen atoms in total. The number of hydrogen-bond donors (Lipinski definition) is 0. The van der Waals surface area contributed by atoms with E-state index in [1.165, 1.54) is 4.68 Å². The fourth-order valence-corrected chi connectivity index (χ4v) is 3.26. The van der Waals surface area contributed by atoms with Crippen molar-refractivity contribution >= 4 is 17.5 Å². The number of hydrogen-bond acceptors (Lipinski definition) is 7. The molecule has 1 aliphatic heterocycles. The second-order valence-corrected chi connectivity index (χ2v) is 6.98. The molecule has 1 fully saturated rings. The quantitative estimate of drug-likeness (QED) is 0.646. The highest BCUT2D eigenvalue weighted by molar-refractivity contribution is 6.30. The van der Waals surface area contributed by atoms with Crippen molar-refractivity contribution in [3.63, 3.8) is 0 Å². The number of anilines is 1. The van der Waals surface area contributed by atoms with Crippen molar-refractivity contribution < 1.29 is 0 Å². The van der Waals surface area contributed by atoms with Crippen molar-refractivity contribution in [3.05, 3.63) is 64.4 Å². The largest absolute Gasteiger partial charge is 0.338 e. The van der Waals surface area contributed by atoms with Gasteiger partial charge in [-0.05, 0) is 18.2 Å². The minimum absolute atomic E-state index is 0.0917. The van der Waals surface area contributed by atoms with Crippen LogP contribution >= 0.6 is 11.6 Å². The second-order valence-electron chi connectivity index (χ2n) is 6.55. The van der Waals surface area contributed by atoms with Gasteiger partial charge in [0.2, 0.25) is 5.95 Å². The number of pyridine rings is 1. The molecule has 3 aromatic heterocycles. The lowest BCUT2D eigenvalue weighted by atomic mass is 10.2. The van der Waals surface area contributed by atoms with E-state index in [1.807, 2.05) is 12.1 Å². The van der Waals surface area contributed by atoms with Gasteiger partial charge in [-0.2, -0.15) is 5.10 Å². The van der Waals surface area contributed by atoms with Crippen molar-refractivity contribution in [2.75, 3.05) is 37.6 Å². The van der Waals surface area contributed by atoms with Crippen molar-refractivity contribution in [1.29, 1.82) is 0 Å². The molecule has 0 N–H and O–H groups in total. The number of piperazine rings is 1. The van der Waals surface area contributed by atoms with Crippen LogP contribution in [0, 0.1) is 0 Å². The molecule has 4 heterocycles. The van der Waals surface area contributed by atoms with E-state index in [2.05, 4.69) is 29.9 Å². The van der Waals surface area contributed by atoms with E-state index >= 15 is 0 Å². The van der Waals surface area contributed by atoms with Gasteiger partial charge in [-0.15, -0.1) is 0 Å². The third-order valence-corrected chi connectivity index (χ3v) is 4.93. The van der Waals surface area contributed by atoms with E-state index in [4.69, 9.17) is 11.6 Å². The van der Waals surface area contributed by atoms with Gasteiger partial charge in [0.1, 0.15) is 0 Å². The Morgan fingerprint density at radius 1 is 0.929 bits per heavy atom. The Bertz CT molecular complexity index is 970. The lowest BCUT2D eigenvalue weighted by molar-refractivity contribution is 0.242. The Morgan fingerprint density at radius 3 is 2.36 bits per heavy atom. The summed E-state index contributed by atoms with van der Waals surface area (Å²) < 4.78 is 1.53. The zero-order chi connectivity index (χ0) is 19.3. The fraction of sp³-hybridized carbons (Fsp3) is 0.316. The highest BCUT2D eigenvalue weighted by Crippen LogP contribution is 2.14. The summed E-state index contributed by atoms with van der Waals surface area (Å²) in [6, 6.07) is 7.09. The molecule has 28 heavy (non-hydrogen) atoms. The van der Waals surface area contributed by atoms with Gasteiger partial charge in [0.15, 0.2) is 0 Å². The van der Waals surface area contributed by atoms with Gasteiger partial charge >= 0.3 is 0 Å². The molecule has 4 rings (SSSR count). The lowest BCUT2D eigenvalue weighted by Crippen LogP contribution is -2.48. The molecule has 0 aromatic carbocycles. The molecule has 0 radical (unpaired) electrons. The van der Waals surface area contributed by atoms with Crippen LogP contribution in [0.1, 0.15) is 0 Å². The first-order valence-corrected chi connectivity index (χ1v) is 9.50. The van der Waals surface area contributed by atoms with Crippen molar-refractivity contribution in [1.82, 2.24) is 29.6 Å². The summed E-state index contributed by atoms with van der Waals surface area (Å²) in [6.07, 6.45) is 6.67. The predicted molar refractivity (Wildman–Crippen MR) is 107 cm³/mol. The van der Waals surface area contributed by atoms with Crippen LogP contribution in [0.3, 0.4) is 0 Å². The zero-order valence-electron chi connectivity index (χ0n) is 15.3. The van der Waals surface area contributed by atoms with Gasteiger partial charge in [0.25, 0.3) is 5.56 Å². The van der Waals surface area contributed by atoms with Crippen LogP contribution in [-0.4, -0.2) is 62.4 Å². The standard InChI is InChI=1S/C19H20ClN7O/c20-16-13-22-19(23-14-16)26-10-7-25(8-11-26)9-12-27-18(28)2-1-17(24-27)15-3-5-21-6-4-15/h1-6,13-14H,7-12H2. The fourth-order valence-electron chi connectivity index (χ4n) is 3.16. The van der Waals surface area contributed by atoms with E-state index in [0.29, 0.717) is 17.5 Å². The molecule has 9 heteroatoms. The number of halogens is 1. The number of nitrogens with zero attached hydrogens (tertiary/aromatic N) is 7. The van der Waals surface area contributed by atoms with Crippen LogP contribution in [0.4, 0.5) is 5.95 Å². The lowest BCUT2D eigenvalue weighted by Gasteiger charge is -2.34. The van der Waals surface area contributed by atoms with Gasteiger partial charge in [0, 0.05) is 56.7 Å². The molecule has 0 bridgehead atoms. The Morgan fingerprint density at radius 2 is 1.64 bits per heavy atom. The Kier molecular flexibility index (Phi) is 5.59. The molecule has 0 unspecified atom stereocenters. The maximum atomic E-state index is 12.2. The molecular formula is C19H20ClN7O. The third kappa shape index (κ3) is 4.35. The highest BCUT2D eigenvalue weighted by Gasteiger charge is 2.19. The maximum Gasteiger partial charge on any atom is 0.266 e. The predicted octanol–water partition coefficient (Wildman–Crippen LogP) is 1.57. The molecule has 3 aromatic rings. The molecular weight excluding hydrogens is 378 g/mol. The van der Waals surface area contributed by atoms with Gasteiger partial charge in [-0.1, -0.05) is 11.6 Å². The molecule has 1 saturated heterocycles. The highest BCUT2D eigenvalue weighted by atomic mass is 35.5. The SMILES string of the molecule is O=c1ccc(-c2ccncc2)nn1CCN1CCN(c2ncc(Cl)cn2)CC1. The monoisotopic (exact) mass is 397 g/mol. The normalized spacial score (nSPS) is 15.0. The minimum Gasteiger partial charge on any atom is -0.338 e. The average Bonchev–Trinajstić information content (AvgIpc) is 2.75. The third-order valence-electron chi connectivity index (χ3n) is 4.73. The van der Waals surface area contributed by atoms with Gasteiger partial charge in [-0.3, -0.25) is 14.7 Å². The summed E-state index contributed by atoms with van der Waals surface area (Å²) in [5.41, 5.74) is 1.62. The first kappa shape index (κ1) is 18.5. The maximum absolute atomic E-state index is 12.2. The Balaban J connectivity index is 1.35. The Hall–Kier alpha value is -2.84. The minimum atomic E-state index is -0.0917. The van der Waals surface area contributed by atoms with Crippen LogP contribution < -0.4 is 10.5 Å². The first-order valence-electron chi connectivity index (χ1n) is 9.12. The van der Waals surface area contributed by atoms with E-state index in [9.17, 15) is 4.79 Å². The van der Waals surface area contributed by atoms with Crippen molar-refractivity contribution in [2.45, 2.75) is 6.54 Å². The molecule has 0 atom stereocenters. The molecule has 0 saturated carbocycles. The van der Waals surface area contributed by atoms with Crippen LogP contribution in [-0.2, 0) is 6.54 Å². The zero-order valence-corrected chi connectivity index (χ0v) is 16.0. The topological polar surface area (TPSA) is 80.0 Å². The molecule has 144 valence electrons. The van der Waals surface area contributed by atoms with Crippen molar-refractivity contribution in [3.8, 4) is 11.3 Å². The molecule has 0 aliphatic carbocycles. The molecule has 0 amide bonds. The number of aromatic nitrogens is 5. The van der Waals surface area contributed by atoms with Gasteiger partial charge in [0.05, 0.1) is 29.7 Å². The number of rotatable bonds is 5. The van der Waals surface area contributed by atoms with Crippen LogP contribution in [0.2, 0.25) is 5.02 Å². The Labute approximate surface area is 167 Å². The summed E-state index contributed by atoms with van der Waals surface area (Å²) in [5.74, 6) is 0.701. The second kappa shape index (κ2) is 8.45. The summed E-state index contributed by atoms with van der Waals surface area (Å²) in [4.78, 5) is 29.2. The average molecular weight is 398 g/mol. The van der Waals surface area contributed by atoms with E-state index in [1.54, 1.807) is 36.9 Å². The first-order chi connectivity index (χ1) is 13.7. The smallest absolute Gasteiger partial charge is 0.266 e. The van der Waals surface area contributed by atoms with E-state index < -0.39 is 0 Å². The summed E-state index contributed by atoms with van der Waals surface area (Å²) in [5, 5.41) is 5.04. The van der Waals surface area contributed by atoms with E-state index in [-0.39, 0.29) is 5.56 Å². The summed E-state index contributed by atoms with van der Waals surface area (Å²) >= 11 is 5.85. The molecule has 0 spiro atoms. The van der Waals surface area contributed by atoms with Crippen LogP contribution in [0.5, 0.6) is 0 Å². The van der Waals surface area contributed by atoms with E-state index in [0.717, 1.165) is 44.0 Å². The van der Waals surface area contributed by atoms with Crippen molar-refractivity contribution in [2.24, 2.45) is 0 Å². The van der Waals surface area contributed by atoms with Crippen LogP contribution in [0.25, 0.3) is 11.3 Å². The summed E-state index contributed by atoms with van der Waals surface area (Å²) in [7, 11) is 0.